The van der Waals surface area contributed by atoms with Gasteiger partial charge in [0.1, 0.15) is 5.60 Å². The zero-order chi connectivity index (χ0) is 12.6. The Balaban J connectivity index is 2.33. The maximum absolute atomic E-state index is 11.8. The third-order valence-electron chi connectivity index (χ3n) is 1.99. The maximum atomic E-state index is 11.8. The number of aromatic nitrogens is 1. The van der Waals surface area contributed by atoms with Crippen molar-refractivity contribution in [2.24, 2.45) is 0 Å². The van der Waals surface area contributed by atoms with E-state index in [0.717, 1.165) is 10.2 Å². The van der Waals surface area contributed by atoms with E-state index >= 15 is 0 Å². The Morgan fingerprint density at radius 2 is 2.12 bits per heavy atom. The first-order valence-electron chi connectivity index (χ1n) is 5.24. The Hall–Kier alpha value is -1.62. The zero-order valence-corrected chi connectivity index (χ0v) is 10.8. The number of nitrogen functional groups attached to an aromatic ring is 1. The summed E-state index contributed by atoms with van der Waals surface area (Å²) in [5.74, 6) is -0.391. The van der Waals surface area contributed by atoms with Gasteiger partial charge < -0.3 is 10.5 Å². The number of rotatable bonds is 1. The summed E-state index contributed by atoms with van der Waals surface area (Å²) in [4.78, 5) is 16.0. The molecule has 0 saturated heterocycles. The average Bonchev–Trinajstić information content (AvgIpc) is 2.57. The van der Waals surface area contributed by atoms with Crippen LogP contribution in [0, 0.1) is 0 Å². The standard InChI is InChI=1S/C12H14N2O2S/c1-12(2,3)16-11(15)10-14-8-6-7(13)4-5-9(8)17-10/h4-6H,13H2,1-3H3. The van der Waals surface area contributed by atoms with Gasteiger partial charge in [-0.15, -0.1) is 11.3 Å². The van der Waals surface area contributed by atoms with Crippen molar-refractivity contribution in [1.82, 2.24) is 4.98 Å². The van der Waals surface area contributed by atoms with E-state index in [-0.39, 0.29) is 0 Å². The van der Waals surface area contributed by atoms with Crippen molar-refractivity contribution in [1.29, 1.82) is 0 Å². The van der Waals surface area contributed by atoms with E-state index in [0.29, 0.717) is 10.7 Å². The Kier molecular flexibility index (Phi) is 2.79. The molecule has 2 aromatic rings. The minimum Gasteiger partial charge on any atom is -0.455 e. The van der Waals surface area contributed by atoms with Gasteiger partial charge in [-0.1, -0.05) is 0 Å². The third kappa shape index (κ3) is 2.74. The molecule has 17 heavy (non-hydrogen) atoms. The van der Waals surface area contributed by atoms with Gasteiger partial charge in [0, 0.05) is 5.69 Å². The molecule has 0 fully saturated rings. The Morgan fingerprint density at radius 3 is 2.76 bits per heavy atom. The number of hydrogen-bond donors (Lipinski definition) is 1. The zero-order valence-electron chi connectivity index (χ0n) is 9.98. The van der Waals surface area contributed by atoms with Crippen molar-refractivity contribution in [3.8, 4) is 0 Å². The molecule has 0 radical (unpaired) electrons. The molecule has 0 unspecified atom stereocenters. The normalized spacial score (nSPS) is 11.7. The fraction of sp³-hybridized carbons (Fsp3) is 0.333. The first-order chi connectivity index (χ1) is 7.85. The number of carbonyl (C=O) groups is 1. The minimum atomic E-state index is -0.506. The summed E-state index contributed by atoms with van der Waals surface area (Å²) in [5.41, 5.74) is 6.52. The van der Waals surface area contributed by atoms with E-state index < -0.39 is 11.6 Å². The van der Waals surface area contributed by atoms with Crippen LogP contribution in [0.15, 0.2) is 18.2 Å². The Bertz CT molecular complexity index is 569. The number of esters is 1. The van der Waals surface area contributed by atoms with Gasteiger partial charge in [-0.25, -0.2) is 9.78 Å². The molecule has 2 rings (SSSR count). The maximum Gasteiger partial charge on any atom is 0.367 e. The molecule has 0 spiro atoms. The summed E-state index contributed by atoms with van der Waals surface area (Å²) < 4.78 is 6.19. The van der Waals surface area contributed by atoms with Crippen molar-refractivity contribution >= 4 is 33.2 Å². The number of thiazole rings is 1. The molecule has 90 valence electrons. The highest BCUT2D eigenvalue weighted by molar-refractivity contribution is 7.20. The minimum absolute atomic E-state index is 0.362. The summed E-state index contributed by atoms with van der Waals surface area (Å²) in [6.07, 6.45) is 0. The fourth-order valence-electron chi connectivity index (χ4n) is 1.35. The molecule has 1 aromatic heterocycles. The molecule has 0 amide bonds. The summed E-state index contributed by atoms with van der Waals surface area (Å²) in [6, 6.07) is 5.40. The largest absolute Gasteiger partial charge is 0.455 e. The lowest BCUT2D eigenvalue weighted by molar-refractivity contribution is 0.00695. The van der Waals surface area contributed by atoms with E-state index in [2.05, 4.69) is 4.98 Å². The topological polar surface area (TPSA) is 65.2 Å². The number of fused-ring (bicyclic) bond motifs is 1. The van der Waals surface area contributed by atoms with Crippen LogP contribution in [-0.2, 0) is 4.74 Å². The first kappa shape index (κ1) is 11.9. The first-order valence-corrected chi connectivity index (χ1v) is 6.06. The van der Waals surface area contributed by atoms with E-state index in [9.17, 15) is 4.79 Å². The van der Waals surface area contributed by atoms with Crippen molar-refractivity contribution < 1.29 is 9.53 Å². The van der Waals surface area contributed by atoms with Gasteiger partial charge in [0.2, 0.25) is 5.01 Å². The molecule has 1 aromatic carbocycles. The van der Waals surface area contributed by atoms with Crippen LogP contribution in [0.2, 0.25) is 0 Å². The van der Waals surface area contributed by atoms with Gasteiger partial charge in [0.05, 0.1) is 10.2 Å². The molecular formula is C12H14N2O2S. The van der Waals surface area contributed by atoms with Gasteiger partial charge in [0.15, 0.2) is 0 Å². The van der Waals surface area contributed by atoms with Gasteiger partial charge in [-0.2, -0.15) is 0 Å². The second-order valence-electron chi connectivity index (χ2n) is 4.75. The highest BCUT2D eigenvalue weighted by atomic mass is 32.1. The van der Waals surface area contributed by atoms with E-state index in [1.807, 2.05) is 26.8 Å². The number of ether oxygens (including phenoxy) is 1. The van der Waals surface area contributed by atoms with Gasteiger partial charge in [-0.05, 0) is 39.0 Å². The van der Waals surface area contributed by atoms with Crippen LogP contribution in [0.25, 0.3) is 10.2 Å². The molecule has 0 saturated carbocycles. The van der Waals surface area contributed by atoms with Crippen LogP contribution >= 0.6 is 11.3 Å². The fourth-order valence-corrected chi connectivity index (χ4v) is 2.18. The third-order valence-corrected chi connectivity index (χ3v) is 3.00. The molecular weight excluding hydrogens is 236 g/mol. The van der Waals surface area contributed by atoms with Crippen LogP contribution in [0.5, 0.6) is 0 Å². The van der Waals surface area contributed by atoms with Crippen LogP contribution in [0.4, 0.5) is 5.69 Å². The number of nitrogens with zero attached hydrogens (tertiary/aromatic N) is 1. The molecule has 4 nitrogen and oxygen atoms in total. The quantitative estimate of drug-likeness (QED) is 0.624. The highest BCUT2D eigenvalue weighted by Gasteiger charge is 2.20. The smallest absolute Gasteiger partial charge is 0.367 e. The molecule has 0 aliphatic rings. The summed E-state index contributed by atoms with van der Waals surface area (Å²) in [7, 11) is 0. The average molecular weight is 250 g/mol. The molecule has 1 heterocycles. The lowest BCUT2D eigenvalue weighted by Gasteiger charge is -2.18. The Labute approximate surface area is 103 Å². The molecule has 0 bridgehead atoms. The molecule has 5 heteroatoms. The van der Waals surface area contributed by atoms with Gasteiger partial charge >= 0.3 is 5.97 Å². The highest BCUT2D eigenvalue weighted by Crippen LogP contribution is 2.25. The SMILES string of the molecule is CC(C)(C)OC(=O)c1nc2cc(N)ccc2s1. The van der Waals surface area contributed by atoms with E-state index in [1.165, 1.54) is 11.3 Å². The van der Waals surface area contributed by atoms with Crippen molar-refractivity contribution in [3.63, 3.8) is 0 Å². The van der Waals surface area contributed by atoms with E-state index in [1.54, 1.807) is 12.1 Å². The monoisotopic (exact) mass is 250 g/mol. The molecule has 0 aliphatic heterocycles. The predicted octanol–water partition coefficient (Wildman–Crippen LogP) is 2.83. The van der Waals surface area contributed by atoms with Crippen molar-refractivity contribution in [2.75, 3.05) is 5.73 Å². The van der Waals surface area contributed by atoms with Crippen molar-refractivity contribution in [3.05, 3.63) is 23.2 Å². The second-order valence-corrected chi connectivity index (χ2v) is 5.78. The lowest BCUT2D eigenvalue weighted by atomic mass is 10.2. The van der Waals surface area contributed by atoms with Crippen LogP contribution in [0.3, 0.4) is 0 Å². The van der Waals surface area contributed by atoms with Crippen molar-refractivity contribution in [2.45, 2.75) is 26.4 Å². The summed E-state index contributed by atoms with van der Waals surface area (Å²) >= 11 is 1.31. The molecule has 0 aliphatic carbocycles. The number of hydrogen-bond acceptors (Lipinski definition) is 5. The molecule has 0 atom stereocenters. The number of benzene rings is 1. The molecule has 2 N–H and O–H groups in total. The van der Waals surface area contributed by atoms with Crippen LogP contribution in [0.1, 0.15) is 30.6 Å². The second kappa shape index (κ2) is 4.00. The van der Waals surface area contributed by atoms with Gasteiger partial charge in [0.25, 0.3) is 0 Å². The van der Waals surface area contributed by atoms with Crippen LogP contribution in [-0.4, -0.2) is 16.6 Å². The number of carbonyl (C=O) groups excluding carboxylic acids is 1. The van der Waals surface area contributed by atoms with Gasteiger partial charge in [-0.3, -0.25) is 0 Å². The summed E-state index contributed by atoms with van der Waals surface area (Å²) in [5, 5.41) is 0.362. The number of anilines is 1. The lowest BCUT2D eigenvalue weighted by Crippen LogP contribution is -2.23. The van der Waals surface area contributed by atoms with E-state index in [4.69, 9.17) is 10.5 Å². The Morgan fingerprint density at radius 1 is 1.41 bits per heavy atom. The van der Waals surface area contributed by atoms with Crippen LogP contribution < -0.4 is 5.73 Å². The predicted molar refractivity (Wildman–Crippen MR) is 69.2 cm³/mol. The number of nitrogens with two attached hydrogens (primary N) is 1. The summed E-state index contributed by atoms with van der Waals surface area (Å²) in [6.45, 7) is 5.49.